The second-order valence-electron chi connectivity index (χ2n) is 6.20. The van der Waals surface area contributed by atoms with E-state index in [9.17, 15) is 39.6 Å². The lowest BCUT2D eigenvalue weighted by Gasteiger charge is -2.10. The number of amides is 2. The van der Waals surface area contributed by atoms with E-state index in [0.29, 0.717) is 0 Å². The van der Waals surface area contributed by atoms with E-state index in [4.69, 9.17) is 0 Å². The number of benzene rings is 2. The Hall–Kier alpha value is -3.33. The molecular weight excluding hydrogens is 500 g/mol. The number of hydrogen-bond acceptors (Lipinski definition) is 6. The lowest BCUT2D eigenvalue weighted by molar-refractivity contribution is -0.274. The van der Waals surface area contributed by atoms with Gasteiger partial charge in [-0.25, -0.2) is 22.9 Å². The number of anilines is 1. The summed E-state index contributed by atoms with van der Waals surface area (Å²) in [6.07, 6.45) is -9.52. The maximum atomic E-state index is 12.9. The molecule has 3 aromatic rings. The van der Waals surface area contributed by atoms with Gasteiger partial charge in [0.15, 0.2) is 5.13 Å². The van der Waals surface area contributed by atoms with Crippen molar-refractivity contribution in [2.75, 3.05) is 5.32 Å². The number of halogens is 6. The highest BCUT2D eigenvalue weighted by molar-refractivity contribution is 7.90. The molecule has 0 radical (unpaired) electrons. The van der Waals surface area contributed by atoms with Crippen molar-refractivity contribution in [3.05, 3.63) is 59.5 Å². The molecule has 0 bridgehead atoms. The third kappa shape index (κ3) is 6.58. The van der Waals surface area contributed by atoms with Crippen LogP contribution in [0.4, 0.5) is 36.3 Å². The number of rotatable bonds is 5. The smallest absolute Gasteiger partial charge is 0.406 e. The van der Waals surface area contributed by atoms with Crippen LogP contribution >= 0.6 is 11.3 Å². The number of hydrogen-bond donors (Lipinski definition) is 2. The van der Waals surface area contributed by atoms with Gasteiger partial charge < -0.3 is 4.74 Å². The second kappa shape index (κ2) is 8.90. The number of ether oxygens (including phenoxy) is 1. The first-order valence-corrected chi connectivity index (χ1v) is 10.9. The fourth-order valence-electron chi connectivity index (χ4n) is 2.44. The summed E-state index contributed by atoms with van der Waals surface area (Å²) in [5.41, 5.74) is -0.647. The van der Waals surface area contributed by atoms with Crippen LogP contribution in [0.5, 0.6) is 5.75 Å². The molecule has 0 fully saturated rings. The first kappa shape index (κ1) is 24.3. The largest absolute Gasteiger partial charge is 0.573 e. The topological polar surface area (TPSA) is 97.4 Å². The summed E-state index contributed by atoms with van der Waals surface area (Å²) in [5, 5.41) is 3.38. The SMILES string of the molecule is O=C(Nc1nc(-c2cccc(C(F)(F)F)c2)cs1)NS(=O)(=O)c1ccc(OC(F)(F)F)cc1. The van der Waals surface area contributed by atoms with Gasteiger partial charge in [0.2, 0.25) is 0 Å². The minimum atomic E-state index is -4.96. The Labute approximate surface area is 186 Å². The molecule has 0 saturated carbocycles. The summed E-state index contributed by atoms with van der Waals surface area (Å²) in [6, 6.07) is 6.18. The molecule has 2 amide bonds. The van der Waals surface area contributed by atoms with E-state index in [1.165, 1.54) is 17.5 Å². The maximum absolute atomic E-state index is 12.9. The first-order valence-electron chi connectivity index (χ1n) is 8.56. The van der Waals surface area contributed by atoms with Gasteiger partial charge in [0.05, 0.1) is 16.2 Å². The molecule has 0 spiro atoms. The molecule has 1 aromatic heterocycles. The third-order valence-electron chi connectivity index (χ3n) is 3.80. The standard InChI is InChI=1S/C18H11F6N3O4S2/c19-17(20,21)11-3-1-2-10(8-11)14-9-32-16(25-14)26-15(28)27-33(29,30)13-6-4-12(5-7-13)31-18(22,23)24/h1-9H,(H2,25,26,27,28). The van der Waals surface area contributed by atoms with Crippen molar-refractivity contribution in [1.82, 2.24) is 9.71 Å². The highest BCUT2D eigenvalue weighted by Gasteiger charge is 2.32. The molecule has 7 nitrogen and oxygen atoms in total. The highest BCUT2D eigenvalue weighted by atomic mass is 32.2. The molecule has 1 heterocycles. The molecule has 0 atom stereocenters. The van der Waals surface area contributed by atoms with Crippen LogP contribution in [0.25, 0.3) is 11.3 Å². The number of nitrogens with one attached hydrogen (secondary N) is 2. The van der Waals surface area contributed by atoms with E-state index in [-0.39, 0.29) is 16.4 Å². The molecule has 15 heteroatoms. The molecule has 176 valence electrons. The van der Waals surface area contributed by atoms with Crippen LogP contribution in [-0.4, -0.2) is 25.8 Å². The number of nitrogens with zero attached hydrogens (tertiary/aromatic N) is 1. The average Bonchev–Trinajstić information content (AvgIpc) is 3.14. The van der Waals surface area contributed by atoms with Crippen LogP contribution in [-0.2, 0) is 16.2 Å². The van der Waals surface area contributed by atoms with E-state index in [0.717, 1.165) is 47.7 Å². The number of carbonyl (C=O) groups is 1. The predicted octanol–water partition coefficient (Wildman–Crippen LogP) is 5.24. The van der Waals surface area contributed by atoms with Crippen LogP contribution in [0.2, 0.25) is 0 Å². The predicted molar refractivity (Wildman–Crippen MR) is 105 cm³/mol. The van der Waals surface area contributed by atoms with Crippen molar-refractivity contribution in [2.24, 2.45) is 0 Å². The van der Waals surface area contributed by atoms with E-state index in [1.54, 1.807) is 4.72 Å². The molecule has 33 heavy (non-hydrogen) atoms. The van der Waals surface area contributed by atoms with E-state index in [1.807, 2.05) is 0 Å². The quantitative estimate of drug-likeness (QED) is 0.457. The number of alkyl halides is 6. The van der Waals surface area contributed by atoms with Crippen molar-refractivity contribution < 1.29 is 44.3 Å². The Kier molecular flexibility index (Phi) is 6.56. The summed E-state index contributed by atoms with van der Waals surface area (Å²) in [6.45, 7) is 0. The van der Waals surface area contributed by atoms with Gasteiger partial charge in [-0.3, -0.25) is 5.32 Å². The average molecular weight is 511 g/mol. The van der Waals surface area contributed by atoms with Gasteiger partial charge in [-0.05, 0) is 36.4 Å². The van der Waals surface area contributed by atoms with Gasteiger partial charge >= 0.3 is 18.6 Å². The first-order chi connectivity index (χ1) is 15.2. The Morgan fingerprint density at radius 3 is 2.27 bits per heavy atom. The minimum absolute atomic E-state index is 0.107. The molecule has 2 aromatic carbocycles. The van der Waals surface area contributed by atoms with Crippen molar-refractivity contribution in [2.45, 2.75) is 17.4 Å². The van der Waals surface area contributed by atoms with Crippen LogP contribution in [0, 0.1) is 0 Å². The molecule has 2 N–H and O–H groups in total. The number of thiazole rings is 1. The van der Waals surface area contributed by atoms with Crippen molar-refractivity contribution in [1.29, 1.82) is 0 Å². The summed E-state index contributed by atoms with van der Waals surface area (Å²) in [5.74, 6) is -0.657. The Balaban J connectivity index is 1.67. The van der Waals surface area contributed by atoms with Crippen molar-refractivity contribution in [3.63, 3.8) is 0 Å². The van der Waals surface area contributed by atoms with Crippen LogP contribution < -0.4 is 14.8 Å². The van der Waals surface area contributed by atoms with Gasteiger partial charge in [0, 0.05) is 10.9 Å². The van der Waals surface area contributed by atoms with Gasteiger partial charge in [0.1, 0.15) is 5.75 Å². The molecule has 0 aliphatic rings. The van der Waals surface area contributed by atoms with Crippen LogP contribution in [0.1, 0.15) is 5.56 Å². The molecule has 0 unspecified atom stereocenters. The monoisotopic (exact) mass is 511 g/mol. The highest BCUT2D eigenvalue weighted by Crippen LogP contribution is 2.33. The number of urea groups is 1. The third-order valence-corrected chi connectivity index (χ3v) is 5.91. The number of carbonyl (C=O) groups excluding carboxylic acids is 1. The summed E-state index contributed by atoms with van der Waals surface area (Å²) in [4.78, 5) is 15.5. The summed E-state index contributed by atoms with van der Waals surface area (Å²) in [7, 11) is -4.45. The maximum Gasteiger partial charge on any atom is 0.573 e. The van der Waals surface area contributed by atoms with Crippen molar-refractivity contribution in [3.8, 4) is 17.0 Å². The number of sulfonamides is 1. The minimum Gasteiger partial charge on any atom is -0.406 e. The van der Waals surface area contributed by atoms with E-state index >= 15 is 0 Å². The summed E-state index contributed by atoms with van der Waals surface area (Å²) < 4.78 is 105. The van der Waals surface area contributed by atoms with E-state index < -0.39 is 44.8 Å². The van der Waals surface area contributed by atoms with Gasteiger partial charge in [0.25, 0.3) is 10.0 Å². The van der Waals surface area contributed by atoms with Gasteiger partial charge in [-0.2, -0.15) is 13.2 Å². The zero-order chi connectivity index (χ0) is 24.4. The second-order valence-corrected chi connectivity index (χ2v) is 8.74. The zero-order valence-electron chi connectivity index (χ0n) is 15.9. The van der Waals surface area contributed by atoms with E-state index in [2.05, 4.69) is 15.0 Å². The Morgan fingerprint density at radius 2 is 1.67 bits per heavy atom. The molecule has 3 rings (SSSR count). The fraction of sp³-hybridized carbons (Fsp3) is 0.111. The Morgan fingerprint density at radius 1 is 1.00 bits per heavy atom. The zero-order valence-corrected chi connectivity index (χ0v) is 17.5. The van der Waals surface area contributed by atoms with Crippen LogP contribution in [0.3, 0.4) is 0 Å². The van der Waals surface area contributed by atoms with Crippen molar-refractivity contribution >= 4 is 32.5 Å². The molecule has 0 aliphatic heterocycles. The normalized spacial score (nSPS) is 12.3. The molecular formula is C18H11F6N3O4S2. The lowest BCUT2D eigenvalue weighted by atomic mass is 10.1. The van der Waals surface area contributed by atoms with Crippen LogP contribution in [0.15, 0.2) is 58.8 Å². The Bertz CT molecular complexity index is 1260. The lowest BCUT2D eigenvalue weighted by Crippen LogP contribution is -2.34. The fourth-order valence-corrected chi connectivity index (χ4v) is 4.06. The molecule has 0 aliphatic carbocycles. The summed E-state index contributed by atoms with van der Waals surface area (Å²) >= 11 is 0.833. The van der Waals surface area contributed by atoms with Gasteiger partial charge in [-0.15, -0.1) is 24.5 Å². The van der Waals surface area contributed by atoms with Gasteiger partial charge in [-0.1, -0.05) is 12.1 Å². The molecule has 0 saturated heterocycles. The number of aromatic nitrogens is 1.